The van der Waals surface area contributed by atoms with E-state index in [1.807, 2.05) is 24.4 Å². The highest BCUT2D eigenvalue weighted by molar-refractivity contribution is 7.13. The molecule has 1 atom stereocenters. The molecule has 0 spiro atoms. The first-order valence-corrected chi connectivity index (χ1v) is 5.32. The third-order valence-electron chi connectivity index (χ3n) is 1.95. The molecule has 0 amide bonds. The van der Waals surface area contributed by atoms with Crippen molar-refractivity contribution in [1.82, 2.24) is 10.1 Å². The first-order valence-electron chi connectivity index (χ1n) is 4.44. The van der Waals surface area contributed by atoms with E-state index in [-0.39, 0.29) is 6.04 Å². The lowest BCUT2D eigenvalue weighted by Gasteiger charge is -1.98. The van der Waals surface area contributed by atoms with Gasteiger partial charge in [0.25, 0.3) is 5.89 Å². The van der Waals surface area contributed by atoms with Gasteiger partial charge in [-0.3, -0.25) is 0 Å². The van der Waals surface area contributed by atoms with Gasteiger partial charge in [-0.2, -0.15) is 4.98 Å². The number of nitrogens with two attached hydrogens (primary N) is 1. The Balaban J connectivity index is 2.26. The Morgan fingerprint density at radius 2 is 2.50 bits per heavy atom. The van der Waals surface area contributed by atoms with Gasteiger partial charge in [0.2, 0.25) is 0 Å². The molecule has 0 aromatic carbocycles. The predicted molar refractivity (Wildman–Crippen MR) is 54.8 cm³/mol. The fourth-order valence-electron chi connectivity index (χ4n) is 1.07. The fourth-order valence-corrected chi connectivity index (χ4v) is 1.71. The summed E-state index contributed by atoms with van der Waals surface area (Å²) in [7, 11) is 0. The SMILES string of the molecule is CCC(N)c1noc(-c2cccs2)n1. The Morgan fingerprint density at radius 3 is 3.14 bits per heavy atom. The van der Waals surface area contributed by atoms with Gasteiger partial charge in [0.05, 0.1) is 10.9 Å². The first-order chi connectivity index (χ1) is 6.81. The number of thiophene rings is 1. The second-order valence-corrected chi connectivity index (χ2v) is 3.90. The normalized spacial score (nSPS) is 13.0. The summed E-state index contributed by atoms with van der Waals surface area (Å²) in [5, 5.41) is 5.81. The fraction of sp³-hybridized carbons (Fsp3) is 0.333. The van der Waals surface area contributed by atoms with Crippen LogP contribution in [0.1, 0.15) is 25.2 Å². The van der Waals surface area contributed by atoms with E-state index in [4.69, 9.17) is 10.3 Å². The van der Waals surface area contributed by atoms with E-state index in [1.165, 1.54) is 0 Å². The standard InChI is InChI=1S/C9H11N3OS/c1-2-6(10)8-11-9(13-12-8)7-4-3-5-14-7/h3-6H,2,10H2,1H3. The molecule has 0 aliphatic heterocycles. The van der Waals surface area contributed by atoms with Crippen molar-refractivity contribution in [2.45, 2.75) is 19.4 Å². The lowest BCUT2D eigenvalue weighted by molar-refractivity contribution is 0.416. The number of hydrogen-bond donors (Lipinski definition) is 1. The highest BCUT2D eigenvalue weighted by Gasteiger charge is 2.13. The Bertz CT molecular complexity index is 396. The Hall–Kier alpha value is -1.20. The summed E-state index contributed by atoms with van der Waals surface area (Å²) in [6.07, 6.45) is 0.809. The van der Waals surface area contributed by atoms with Crippen molar-refractivity contribution in [3.8, 4) is 10.8 Å². The summed E-state index contributed by atoms with van der Waals surface area (Å²) < 4.78 is 5.10. The monoisotopic (exact) mass is 209 g/mol. The summed E-state index contributed by atoms with van der Waals surface area (Å²) in [5.74, 6) is 1.13. The van der Waals surface area contributed by atoms with Crippen LogP contribution in [-0.2, 0) is 0 Å². The second kappa shape index (κ2) is 3.89. The summed E-state index contributed by atoms with van der Waals surface area (Å²) >= 11 is 1.57. The zero-order chi connectivity index (χ0) is 9.97. The van der Waals surface area contributed by atoms with Crippen LogP contribution in [0.4, 0.5) is 0 Å². The van der Waals surface area contributed by atoms with Gasteiger partial charge in [-0.15, -0.1) is 11.3 Å². The molecule has 4 nitrogen and oxygen atoms in total. The van der Waals surface area contributed by atoms with Crippen molar-refractivity contribution >= 4 is 11.3 Å². The van der Waals surface area contributed by atoms with Crippen LogP contribution in [0, 0.1) is 0 Å². The molecule has 74 valence electrons. The van der Waals surface area contributed by atoms with Gasteiger partial charge in [0, 0.05) is 0 Å². The van der Waals surface area contributed by atoms with Crippen molar-refractivity contribution in [2.24, 2.45) is 5.73 Å². The molecule has 2 aromatic rings. The Morgan fingerprint density at radius 1 is 1.64 bits per heavy atom. The molecule has 2 aromatic heterocycles. The van der Waals surface area contributed by atoms with Gasteiger partial charge >= 0.3 is 0 Å². The molecule has 5 heteroatoms. The molecule has 0 fully saturated rings. The topological polar surface area (TPSA) is 64.9 Å². The van der Waals surface area contributed by atoms with Crippen LogP contribution in [0.15, 0.2) is 22.0 Å². The number of hydrogen-bond acceptors (Lipinski definition) is 5. The maximum atomic E-state index is 5.78. The molecular formula is C9H11N3OS. The van der Waals surface area contributed by atoms with Gasteiger partial charge in [-0.1, -0.05) is 18.1 Å². The van der Waals surface area contributed by atoms with Gasteiger partial charge in [0.15, 0.2) is 5.82 Å². The molecule has 0 saturated carbocycles. The maximum Gasteiger partial charge on any atom is 0.268 e. The molecule has 0 aliphatic rings. The lowest BCUT2D eigenvalue weighted by atomic mass is 10.2. The van der Waals surface area contributed by atoms with E-state index in [1.54, 1.807) is 11.3 Å². The summed E-state index contributed by atoms with van der Waals surface area (Å²) in [6, 6.07) is 3.76. The molecule has 0 radical (unpaired) electrons. The molecule has 2 N–H and O–H groups in total. The van der Waals surface area contributed by atoms with E-state index >= 15 is 0 Å². The third kappa shape index (κ3) is 1.69. The minimum atomic E-state index is -0.132. The van der Waals surface area contributed by atoms with E-state index in [2.05, 4.69) is 10.1 Å². The summed E-state index contributed by atoms with van der Waals surface area (Å²) in [4.78, 5) is 5.21. The molecule has 0 bridgehead atoms. The van der Waals surface area contributed by atoms with Crippen molar-refractivity contribution in [3.05, 3.63) is 23.3 Å². The molecule has 2 heterocycles. The Kier molecular flexibility index (Phi) is 2.60. The largest absolute Gasteiger partial charge is 0.333 e. The van der Waals surface area contributed by atoms with Crippen LogP contribution in [0.2, 0.25) is 0 Å². The third-order valence-corrected chi connectivity index (χ3v) is 2.80. The quantitative estimate of drug-likeness (QED) is 0.841. The van der Waals surface area contributed by atoms with Crippen LogP contribution in [0.25, 0.3) is 10.8 Å². The molecular weight excluding hydrogens is 198 g/mol. The molecule has 2 rings (SSSR count). The zero-order valence-electron chi connectivity index (χ0n) is 7.80. The average Bonchev–Trinajstić information content (AvgIpc) is 2.86. The summed E-state index contributed by atoms with van der Waals surface area (Å²) in [6.45, 7) is 1.99. The predicted octanol–water partition coefficient (Wildman–Crippen LogP) is 2.21. The number of nitrogens with zero attached hydrogens (tertiary/aromatic N) is 2. The Labute approximate surface area is 85.7 Å². The summed E-state index contributed by atoms with van der Waals surface area (Å²) in [5.41, 5.74) is 5.78. The van der Waals surface area contributed by atoms with Crippen molar-refractivity contribution in [2.75, 3.05) is 0 Å². The number of aromatic nitrogens is 2. The second-order valence-electron chi connectivity index (χ2n) is 2.95. The van der Waals surface area contributed by atoms with E-state index in [9.17, 15) is 0 Å². The van der Waals surface area contributed by atoms with E-state index in [0.717, 1.165) is 11.3 Å². The van der Waals surface area contributed by atoms with Gasteiger partial charge in [0.1, 0.15) is 0 Å². The maximum absolute atomic E-state index is 5.78. The lowest BCUT2D eigenvalue weighted by Crippen LogP contribution is -2.10. The first kappa shape index (κ1) is 9.36. The minimum absolute atomic E-state index is 0.132. The van der Waals surface area contributed by atoms with Crippen LogP contribution in [0.5, 0.6) is 0 Å². The molecule has 1 unspecified atom stereocenters. The van der Waals surface area contributed by atoms with E-state index in [0.29, 0.717) is 11.7 Å². The van der Waals surface area contributed by atoms with Gasteiger partial charge in [-0.25, -0.2) is 0 Å². The smallest absolute Gasteiger partial charge is 0.268 e. The van der Waals surface area contributed by atoms with Crippen LogP contribution in [0.3, 0.4) is 0 Å². The number of rotatable bonds is 3. The van der Waals surface area contributed by atoms with Crippen molar-refractivity contribution < 1.29 is 4.52 Å². The average molecular weight is 209 g/mol. The highest BCUT2D eigenvalue weighted by Crippen LogP contribution is 2.23. The van der Waals surface area contributed by atoms with Gasteiger partial charge < -0.3 is 10.3 Å². The molecule has 0 aliphatic carbocycles. The van der Waals surface area contributed by atoms with Crippen molar-refractivity contribution in [3.63, 3.8) is 0 Å². The van der Waals surface area contributed by atoms with Crippen LogP contribution >= 0.6 is 11.3 Å². The minimum Gasteiger partial charge on any atom is -0.333 e. The van der Waals surface area contributed by atoms with Crippen molar-refractivity contribution in [1.29, 1.82) is 0 Å². The molecule has 0 saturated heterocycles. The van der Waals surface area contributed by atoms with E-state index < -0.39 is 0 Å². The van der Waals surface area contributed by atoms with Crippen LogP contribution in [-0.4, -0.2) is 10.1 Å². The van der Waals surface area contributed by atoms with Crippen LogP contribution < -0.4 is 5.73 Å². The molecule has 14 heavy (non-hydrogen) atoms. The zero-order valence-corrected chi connectivity index (χ0v) is 8.62. The highest BCUT2D eigenvalue weighted by atomic mass is 32.1. The van der Waals surface area contributed by atoms with Gasteiger partial charge in [-0.05, 0) is 17.9 Å².